The third kappa shape index (κ3) is 7.51. The summed E-state index contributed by atoms with van der Waals surface area (Å²) in [5.74, 6) is 0.678. The topological polar surface area (TPSA) is 83.5 Å². The summed E-state index contributed by atoms with van der Waals surface area (Å²) in [5, 5.41) is 9.67. The number of carbonyl (C=O) groups is 1. The Balaban J connectivity index is 2.20. The first-order valence-electron chi connectivity index (χ1n) is 10.7. The number of hydrogen-bond donors (Lipinski definition) is 1. The largest absolute Gasteiger partial charge is 0.503 e. The van der Waals surface area contributed by atoms with E-state index in [1.54, 1.807) is 12.2 Å². The molecule has 0 spiro atoms. The van der Waals surface area contributed by atoms with E-state index in [0.29, 0.717) is 30.3 Å². The lowest BCUT2D eigenvalue weighted by atomic mass is 10.0. The molecule has 0 saturated carbocycles. The fourth-order valence-corrected chi connectivity index (χ4v) is 3.11. The van der Waals surface area contributed by atoms with Crippen LogP contribution in [-0.4, -0.2) is 56.8 Å². The van der Waals surface area contributed by atoms with Crippen molar-refractivity contribution in [1.82, 2.24) is 0 Å². The fourth-order valence-electron chi connectivity index (χ4n) is 3.11. The lowest BCUT2D eigenvalue weighted by Crippen LogP contribution is -2.45. The van der Waals surface area contributed by atoms with Crippen LogP contribution in [0.1, 0.15) is 33.3 Å². The molecule has 1 aliphatic rings. The van der Waals surface area contributed by atoms with E-state index in [1.165, 1.54) is 26.1 Å². The van der Waals surface area contributed by atoms with Crippen LogP contribution in [0.3, 0.4) is 0 Å². The standard InChI is InChI=1S/C26H34O7/c1-18(2)12-13-31-24-17-32-22-11-10-19(14-23(22)33-26(24,3)4)8-7-9-20(15-27)21(16-29-5)25(28)30-6/h7-12,14,16,24,27H,13,15,17H2,1-6H3. The second-order valence-corrected chi connectivity index (χ2v) is 8.29. The van der Waals surface area contributed by atoms with E-state index in [0.717, 1.165) is 5.56 Å². The van der Waals surface area contributed by atoms with Gasteiger partial charge in [0.05, 0.1) is 39.3 Å². The molecular weight excluding hydrogens is 424 g/mol. The molecule has 1 heterocycles. The second-order valence-electron chi connectivity index (χ2n) is 8.29. The molecule has 2 rings (SSSR count). The number of esters is 1. The molecule has 180 valence electrons. The zero-order chi connectivity index (χ0) is 24.4. The van der Waals surface area contributed by atoms with Crippen LogP contribution in [0.2, 0.25) is 0 Å². The molecule has 0 radical (unpaired) electrons. The first kappa shape index (κ1) is 26.2. The molecule has 0 bridgehead atoms. The van der Waals surface area contributed by atoms with Crippen molar-refractivity contribution in [2.75, 3.05) is 34.0 Å². The highest BCUT2D eigenvalue weighted by Crippen LogP contribution is 2.36. The third-order valence-corrected chi connectivity index (χ3v) is 5.04. The number of benzene rings is 1. The Hall–Kier alpha value is -3.03. The highest BCUT2D eigenvalue weighted by atomic mass is 16.6. The molecule has 33 heavy (non-hydrogen) atoms. The van der Waals surface area contributed by atoms with Gasteiger partial charge in [-0.25, -0.2) is 4.79 Å². The summed E-state index contributed by atoms with van der Waals surface area (Å²) < 4.78 is 27.9. The van der Waals surface area contributed by atoms with Gasteiger partial charge in [-0.2, -0.15) is 0 Å². The highest BCUT2D eigenvalue weighted by molar-refractivity contribution is 5.93. The minimum Gasteiger partial charge on any atom is -0.503 e. The summed E-state index contributed by atoms with van der Waals surface area (Å²) in [6, 6.07) is 5.63. The van der Waals surface area contributed by atoms with Crippen LogP contribution in [0.5, 0.6) is 11.5 Å². The van der Waals surface area contributed by atoms with Gasteiger partial charge in [0.15, 0.2) is 11.5 Å². The summed E-state index contributed by atoms with van der Waals surface area (Å²) in [5.41, 5.74) is 1.98. The predicted molar refractivity (Wildman–Crippen MR) is 127 cm³/mol. The molecule has 7 nitrogen and oxygen atoms in total. The van der Waals surface area contributed by atoms with Crippen molar-refractivity contribution < 1.29 is 33.6 Å². The first-order chi connectivity index (χ1) is 15.7. The maximum absolute atomic E-state index is 11.9. The maximum atomic E-state index is 11.9. The monoisotopic (exact) mass is 458 g/mol. The molecule has 0 amide bonds. The minimum absolute atomic E-state index is 0.145. The maximum Gasteiger partial charge on any atom is 0.341 e. The molecule has 1 atom stereocenters. The zero-order valence-electron chi connectivity index (χ0n) is 20.2. The number of methoxy groups -OCH3 is 2. The number of aliphatic hydroxyl groups excluding tert-OH is 1. The van der Waals surface area contributed by atoms with Crippen molar-refractivity contribution in [3.8, 4) is 11.5 Å². The van der Waals surface area contributed by atoms with Crippen LogP contribution in [0.4, 0.5) is 0 Å². The number of aliphatic hydroxyl groups is 1. The van der Waals surface area contributed by atoms with Gasteiger partial charge in [0, 0.05) is 0 Å². The van der Waals surface area contributed by atoms with Crippen molar-refractivity contribution in [1.29, 1.82) is 0 Å². The average Bonchev–Trinajstić information content (AvgIpc) is 2.89. The summed E-state index contributed by atoms with van der Waals surface area (Å²) in [4.78, 5) is 11.9. The van der Waals surface area contributed by atoms with Gasteiger partial charge in [0.1, 0.15) is 18.3 Å². The number of fused-ring (bicyclic) bond motifs is 1. The van der Waals surface area contributed by atoms with Gasteiger partial charge in [0.2, 0.25) is 0 Å². The van der Waals surface area contributed by atoms with E-state index in [4.69, 9.17) is 23.7 Å². The quantitative estimate of drug-likeness (QED) is 0.195. The second kappa shape index (κ2) is 12.3. The molecule has 0 aliphatic carbocycles. The summed E-state index contributed by atoms with van der Waals surface area (Å²) in [6.07, 6.45) is 8.22. The van der Waals surface area contributed by atoms with Crippen molar-refractivity contribution in [3.05, 3.63) is 65.0 Å². The average molecular weight is 459 g/mol. The van der Waals surface area contributed by atoms with Gasteiger partial charge in [-0.3, -0.25) is 0 Å². The zero-order valence-corrected chi connectivity index (χ0v) is 20.2. The van der Waals surface area contributed by atoms with E-state index in [-0.39, 0.29) is 18.3 Å². The molecule has 1 unspecified atom stereocenters. The van der Waals surface area contributed by atoms with Crippen LogP contribution < -0.4 is 9.47 Å². The first-order valence-corrected chi connectivity index (χ1v) is 10.7. The Morgan fingerprint density at radius 2 is 2.00 bits per heavy atom. The van der Waals surface area contributed by atoms with Crippen LogP contribution in [0, 0.1) is 0 Å². The minimum atomic E-state index is -0.593. The Labute approximate surface area is 195 Å². The van der Waals surface area contributed by atoms with Crippen molar-refractivity contribution in [2.45, 2.75) is 39.4 Å². The molecule has 1 aliphatic heterocycles. The molecule has 1 aromatic rings. The Kier molecular flexibility index (Phi) is 9.75. The van der Waals surface area contributed by atoms with Gasteiger partial charge in [-0.05, 0) is 51.0 Å². The predicted octanol–water partition coefficient (Wildman–Crippen LogP) is 4.22. The summed E-state index contributed by atoms with van der Waals surface area (Å²) in [7, 11) is 2.69. The van der Waals surface area contributed by atoms with E-state index in [1.807, 2.05) is 58.0 Å². The SMILES string of the molecule is COC=C(C(=O)OC)C(=CC=Cc1ccc2c(c1)OC(C)(C)C(OCC=C(C)C)CO2)CO. The molecule has 1 aromatic carbocycles. The van der Waals surface area contributed by atoms with E-state index in [9.17, 15) is 9.90 Å². The number of ether oxygens (including phenoxy) is 5. The Morgan fingerprint density at radius 1 is 1.24 bits per heavy atom. The highest BCUT2D eigenvalue weighted by Gasteiger charge is 2.36. The van der Waals surface area contributed by atoms with Crippen LogP contribution in [-0.2, 0) is 19.0 Å². The smallest absolute Gasteiger partial charge is 0.341 e. The summed E-state index contributed by atoms with van der Waals surface area (Å²) >= 11 is 0. The lowest BCUT2D eigenvalue weighted by molar-refractivity contribution is -0.136. The van der Waals surface area contributed by atoms with Crippen molar-refractivity contribution in [2.24, 2.45) is 0 Å². The normalized spacial score (nSPS) is 18.0. The van der Waals surface area contributed by atoms with E-state index < -0.39 is 11.6 Å². The van der Waals surface area contributed by atoms with E-state index in [2.05, 4.69) is 0 Å². The van der Waals surface area contributed by atoms with Gasteiger partial charge < -0.3 is 28.8 Å². The number of rotatable bonds is 9. The molecule has 1 N–H and O–H groups in total. The van der Waals surface area contributed by atoms with Gasteiger partial charge in [-0.1, -0.05) is 35.9 Å². The number of allylic oxidation sites excluding steroid dienone is 3. The van der Waals surface area contributed by atoms with Gasteiger partial charge >= 0.3 is 5.97 Å². The lowest BCUT2D eigenvalue weighted by Gasteiger charge is -2.31. The third-order valence-electron chi connectivity index (χ3n) is 5.04. The van der Waals surface area contributed by atoms with Crippen LogP contribution in [0.15, 0.2) is 59.4 Å². The van der Waals surface area contributed by atoms with Crippen LogP contribution in [0.25, 0.3) is 6.08 Å². The van der Waals surface area contributed by atoms with Gasteiger partial charge in [0.25, 0.3) is 0 Å². The number of hydrogen-bond acceptors (Lipinski definition) is 7. The molecule has 0 fully saturated rings. The molecule has 0 aromatic heterocycles. The van der Waals surface area contributed by atoms with E-state index >= 15 is 0 Å². The molecule has 0 saturated heterocycles. The number of carbonyl (C=O) groups excluding carboxylic acids is 1. The molecule has 7 heteroatoms. The molecular formula is C26H34O7. The van der Waals surface area contributed by atoms with Gasteiger partial charge in [-0.15, -0.1) is 0 Å². The summed E-state index contributed by atoms with van der Waals surface area (Å²) in [6.45, 7) is 8.55. The van der Waals surface area contributed by atoms with Crippen molar-refractivity contribution in [3.63, 3.8) is 0 Å². The van der Waals surface area contributed by atoms with Crippen molar-refractivity contribution >= 4 is 12.0 Å². The Bertz CT molecular complexity index is 934. The Morgan fingerprint density at radius 3 is 2.64 bits per heavy atom. The fraction of sp³-hybridized carbons (Fsp3) is 0.423. The van der Waals surface area contributed by atoms with Crippen LogP contribution >= 0.6 is 0 Å².